The van der Waals surface area contributed by atoms with E-state index in [2.05, 4.69) is 16.0 Å². The van der Waals surface area contributed by atoms with Gasteiger partial charge in [-0.15, -0.1) is 0 Å². The van der Waals surface area contributed by atoms with Gasteiger partial charge in [0.15, 0.2) is 0 Å². The number of nitrogens with one attached hydrogen (secondary N) is 3. The van der Waals surface area contributed by atoms with Crippen molar-refractivity contribution in [3.05, 3.63) is 65.7 Å². The van der Waals surface area contributed by atoms with Gasteiger partial charge < -0.3 is 25.4 Å². The molecule has 0 fully saturated rings. The Morgan fingerprint density at radius 1 is 1.03 bits per heavy atom. The number of carbonyl (C=O) groups is 2. The molecule has 0 atom stereocenters. The van der Waals surface area contributed by atoms with E-state index in [0.29, 0.717) is 41.1 Å². The van der Waals surface area contributed by atoms with E-state index in [0.717, 1.165) is 27.7 Å². The lowest BCUT2D eigenvalue weighted by Crippen LogP contribution is -2.31. The molecular weight excluding hydrogens is 458 g/mol. The summed E-state index contributed by atoms with van der Waals surface area (Å²) < 4.78 is 5.59. The highest BCUT2D eigenvalue weighted by atomic mass is 16.5. The molecule has 4 N–H and O–H groups in total. The van der Waals surface area contributed by atoms with Crippen LogP contribution < -0.4 is 20.7 Å². The van der Waals surface area contributed by atoms with Crippen molar-refractivity contribution in [3.63, 3.8) is 0 Å². The number of para-hydroxylation sites is 2. The fourth-order valence-corrected chi connectivity index (χ4v) is 4.03. The number of aromatic nitrogens is 1. The summed E-state index contributed by atoms with van der Waals surface area (Å²) in [6, 6.07) is 16.4. The van der Waals surface area contributed by atoms with Crippen molar-refractivity contribution in [1.29, 1.82) is 0 Å². The third-order valence-corrected chi connectivity index (χ3v) is 5.85. The van der Waals surface area contributed by atoms with Gasteiger partial charge in [0.25, 0.3) is 5.91 Å². The van der Waals surface area contributed by atoms with Crippen LogP contribution in [0.4, 0.5) is 21.9 Å². The molecule has 0 unspecified atom stereocenters. The van der Waals surface area contributed by atoms with E-state index in [1.807, 2.05) is 62.3 Å². The molecular formula is C27H29N5O4. The molecule has 1 aromatic heterocycles. The van der Waals surface area contributed by atoms with Crippen molar-refractivity contribution >= 4 is 50.9 Å². The maximum atomic E-state index is 13.1. The largest absolute Gasteiger partial charge is 0.494 e. The number of carboxylic acid groups (broad SMARTS) is 1. The summed E-state index contributed by atoms with van der Waals surface area (Å²) in [4.78, 5) is 31.1. The zero-order valence-electron chi connectivity index (χ0n) is 20.7. The lowest BCUT2D eigenvalue weighted by Gasteiger charge is -2.18. The Morgan fingerprint density at radius 2 is 1.75 bits per heavy atom. The number of fused-ring (bicyclic) bond motifs is 2. The summed E-state index contributed by atoms with van der Waals surface area (Å²) in [5, 5.41) is 19.5. The number of benzene rings is 3. The summed E-state index contributed by atoms with van der Waals surface area (Å²) in [6.45, 7) is 3.16. The number of anilines is 3. The third-order valence-electron chi connectivity index (χ3n) is 5.85. The van der Waals surface area contributed by atoms with E-state index in [4.69, 9.17) is 14.8 Å². The number of nitrogens with zero attached hydrogens (tertiary/aromatic N) is 2. The molecule has 0 aliphatic carbocycles. The number of likely N-dealkylation sites (N-methyl/N-ethyl adjacent to an activating group) is 1. The number of carbonyl (C=O) groups excluding carboxylic acids is 1. The first-order chi connectivity index (χ1) is 17.3. The Hall–Kier alpha value is -4.37. The van der Waals surface area contributed by atoms with Crippen molar-refractivity contribution < 1.29 is 19.4 Å². The second-order valence-corrected chi connectivity index (χ2v) is 8.69. The van der Waals surface area contributed by atoms with Crippen molar-refractivity contribution in [2.24, 2.45) is 0 Å². The summed E-state index contributed by atoms with van der Waals surface area (Å²) in [6.07, 6.45) is -1.14. The topological polar surface area (TPSA) is 116 Å². The predicted molar refractivity (Wildman–Crippen MR) is 143 cm³/mol. The van der Waals surface area contributed by atoms with Gasteiger partial charge in [-0.1, -0.05) is 30.3 Å². The first kappa shape index (κ1) is 24.7. The molecule has 36 heavy (non-hydrogen) atoms. The van der Waals surface area contributed by atoms with Crippen LogP contribution in [0.1, 0.15) is 15.9 Å². The number of hydrogen-bond acceptors (Lipinski definition) is 6. The standard InChI is InChI=1S/C27H29N5O4/c1-16-11-12-17(29-27(34)35)15-21(16)30-23-18-7-5-9-20(26(33)28-13-14-32(2)3)24(18)31-25-19(23)8-6-10-22(25)36-4/h5-12,15,29H,13-14H2,1-4H3,(H,28,33)(H,30,31)(H,34,35). The molecule has 186 valence electrons. The molecule has 9 heteroatoms. The summed E-state index contributed by atoms with van der Waals surface area (Å²) in [5.74, 6) is 0.372. The maximum absolute atomic E-state index is 13.1. The first-order valence-corrected chi connectivity index (χ1v) is 11.5. The molecule has 0 aliphatic rings. The van der Waals surface area contributed by atoms with Gasteiger partial charge in [0, 0.05) is 35.2 Å². The molecule has 2 amide bonds. The molecule has 4 aromatic rings. The Balaban J connectivity index is 1.90. The van der Waals surface area contributed by atoms with Gasteiger partial charge in [-0.3, -0.25) is 10.1 Å². The van der Waals surface area contributed by atoms with E-state index in [-0.39, 0.29) is 5.91 Å². The number of aryl methyl sites for hydroxylation is 1. The molecule has 0 bridgehead atoms. The van der Waals surface area contributed by atoms with Crippen LogP contribution in [-0.2, 0) is 0 Å². The Labute approximate surface area is 209 Å². The minimum absolute atomic E-state index is 0.209. The van der Waals surface area contributed by atoms with Crippen molar-refractivity contribution in [3.8, 4) is 5.75 Å². The van der Waals surface area contributed by atoms with Crippen LogP contribution in [0.3, 0.4) is 0 Å². The molecule has 3 aromatic carbocycles. The highest BCUT2D eigenvalue weighted by Crippen LogP contribution is 2.38. The number of amides is 2. The molecule has 0 saturated heterocycles. The van der Waals surface area contributed by atoms with Gasteiger partial charge in [-0.25, -0.2) is 9.78 Å². The van der Waals surface area contributed by atoms with Gasteiger partial charge in [-0.05, 0) is 50.8 Å². The van der Waals surface area contributed by atoms with Crippen molar-refractivity contribution in [2.75, 3.05) is 44.9 Å². The number of ether oxygens (including phenoxy) is 1. The minimum atomic E-state index is -1.14. The normalized spacial score (nSPS) is 11.0. The first-order valence-electron chi connectivity index (χ1n) is 11.5. The fourth-order valence-electron chi connectivity index (χ4n) is 4.03. The average molecular weight is 488 g/mol. The molecule has 0 spiro atoms. The molecule has 9 nitrogen and oxygen atoms in total. The summed E-state index contributed by atoms with van der Waals surface area (Å²) >= 11 is 0. The Kier molecular flexibility index (Phi) is 7.21. The van der Waals surface area contributed by atoms with Crippen LogP contribution in [0.15, 0.2) is 54.6 Å². The van der Waals surface area contributed by atoms with Crippen LogP contribution in [-0.4, -0.2) is 61.3 Å². The van der Waals surface area contributed by atoms with E-state index in [9.17, 15) is 9.59 Å². The lowest BCUT2D eigenvalue weighted by molar-refractivity contribution is 0.0952. The molecule has 4 rings (SSSR count). The fraction of sp³-hybridized carbons (Fsp3) is 0.222. The number of rotatable bonds is 8. The predicted octanol–water partition coefficient (Wildman–Crippen LogP) is 4.83. The van der Waals surface area contributed by atoms with E-state index in [1.165, 1.54) is 0 Å². The monoisotopic (exact) mass is 487 g/mol. The maximum Gasteiger partial charge on any atom is 0.409 e. The summed E-state index contributed by atoms with van der Waals surface area (Å²) in [7, 11) is 5.48. The lowest BCUT2D eigenvalue weighted by atomic mass is 10.0. The van der Waals surface area contributed by atoms with Crippen molar-refractivity contribution in [1.82, 2.24) is 15.2 Å². The second kappa shape index (κ2) is 10.5. The van der Waals surface area contributed by atoms with Crippen LogP contribution >= 0.6 is 0 Å². The molecule has 0 saturated carbocycles. The number of pyridine rings is 1. The highest BCUT2D eigenvalue weighted by Gasteiger charge is 2.18. The van der Waals surface area contributed by atoms with Gasteiger partial charge in [0.1, 0.15) is 11.3 Å². The minimum Gasteiger partial charge on any atom is -0.494 e. The van der Waals surface area contributed by atoms with Gasteiger partial charge in [0.2, 0.25) is 0 Å². The zero-order valence-corrected chi connectivity index (χ0v) is 20.7. The van der Waals surface area contributed by atoms with Gasteiger partial charge in [0.05, 0.1) is 23.9 Å². The zero-order chi connectivity index (χ0) is 25.8. The number of hydrogen-bond donors (Lipinski definition) is 4. The summed E-state index contributed by atoms with van der Waals surface area (Å²) in [5.41, 5.74) is 4.44. The van der Waals surface area contributed by atoms with Crippen LogP contribution in [0, 0.1) is 6.92 Å². The second-order valence-electron chi connectivity index (χ2n) is 8.69. The van der Waals surface area contributed by atoms with E-state index in [1.54, 1.807) is 25.3 Å². The van der Waals surface area contributed by atoms with Gasteiger partial charge >= 0.3 is 6.09 Å². The molecule has 1 heterocycles. The van der Waals surface area contributed by atoms with Crippen LogP contribution in [0.2, 0.25) is 0 Å². The number of methoxy groups -OCH3 is 1. The van der Waals surface area contributed by atoms with E-state index < -0.39 is 6.09 Å². The molecule has 0 radical (unpaired) electrons. The smallest absolute Gasteiger partial charge is 0.409 e. The Bertz CT molecular complexity index is 1450. The Morgan fingerprint density at radius 3 is 2.44 bits per heavy atom. The van der Waals surface area contributed by atoms with Crippen LogP contribution in [0.5, 0.6) is 5.75 Å². The van der Waals surface area contributed by atoms with E-state index >= 15 is 0 Å². The van der Waals surface area contributed by atoms with Crippen molar-refractivity contribution in [2.45, 2.75) is 6.92 Å². The quantitative estimate of drug-likeness (QED) is 0.263. The van der Waals surface area contributed by atoms with Gasteiger partial charge in [-0.2, -0.15) is 0 Å². The average Bonchev–Trinajstić information content (AvgIpc) is 2.84. The SMILES string of the molecule is COc1cccc2c(Nc3cc(NC(=O)O)ccc3C)c3cccc(C(=O)NCCN(C)C)c3nc12. The third kappa shape index (κ3) is 5.16. The highest BCUT2D eigenvalue weighted by molar-refractivity contribution is 6.15. The van der Waals surface area contributed by atoms with Crippen LogP contribution in [0.25, 0.3) is 21.8 Å². The molecule has 0 aliphatic heterocycles.